The maximum absolute atomic E-state index is 13.6. The maximum Gasteiger partial charge on any atom is 0.407 e. The fraction of sp³-hybridized carbons (Fsp3) is 0.278. The summed E-state index contributed by atoms with van der Waals surface area (Å²) in [6.07, 6.45) is -3.96. The highest BCUT2D eigenvalue weighted by molar-refractivity contribution is 5.67. The Kier molecular flexibility index (Phi) is 7.24. The quantitative estimate of drug-likeness (QED) is 0.397. The summed E-state index contributed by atoms with van der Waals surface area (Å²) in [6, 6.07) is 10.4. The van der Waals surface area contributed by atoms with Gasteiger partial charge in [0.15, 0.2) is 5.82 Å². The van der Waals surface area contributed by atoms with Gasteiger partial charge in [-0.1, -0.05) is 30.3 Å². The number of hydrogen-bond donors (Lipinski definition) is 4. The number of nitrogens with zero attached hydrogens (tertiary/aromatic N) is 1. The first-order valence-corrected chi connectivity index (χ1v) is 8.27. The number of nitro benzene ring substituents is 1. The second-order valence-corrected chi connectivity index (χ2v) is 5.92. The summed E-state index contributed by atoms with van der Waals surface area (Å²) in [6.45, 7) is 0.00279. The average Bonchev–Trinajstić information content (AvgIpc) is 2.68. The maximum atomic E-state index is 13.6. The van der Waals surface area contributed by atoms with Crippen molar-refractivity contribution in [2.45, 2.75) is 25.2 Å². The van der Waals surface area contributed by atoms with E-state index in [-0.39, 0.29) is 25.1 Å². The Morgan fingerprint density at radius 1 is 1.25 bits per heavy atom. The number of ether oxygens (including phenoxy) is 1. The molecule has 0 aliphatic rings. The number of rotatable bonds is 8. The first-order chi connectivity index (χ1) is 13.3. The third kappa shape index (κ3) is 5.63. The Morgan fingerprint density at radius 2 is 1.93 bits per heavy atom. The molecule has 10 heteroatoms. The molecule has 9 nitrogen and oxygen atoms in total. The van der Waals surface area contributed by atoms with E-state index in [2.05, 4.69) is 5.32 Å². The van der Waals surface area contributed by atoms with E-state index in [0.717, 1.165) is 11.6 Å². The number of hydrogen-bond acceptors (Lipinski definition) is 7. The molecule has 0 radical (unpaired) electrons. The van der Waals surface area contributed by atoms with Crippen molar-refractivity contribution >= 4 is 11.8 Å². The second kappa shape index (κ2) is 9.62. The van der Waals surface area contributed by atoms with Crippen molar-refractivity contribution in [1.82, 2.24) is 5.32 Å². The molecule has 2 atom stereocenters. The van der Waals surface area contributed by atoms with Crippen molar-refractivity contribution in [1.29, 1.82) is 0 Å². The van der Waals surface area contributed by atoms with Crippen molar-refractivity contribution < 1.29 is 34.2 Å². The summed E-state index contributed by atoms with van der Waals surface area (Å²) in [5, 5.41) is 42.6. The lowest BCUT2D eigenvalue weighted by atomic mass is 10.0. The summed E-state index contributed by atoms with van der Waals surface area (Å²) < 4.78 is 18.6. The van der Waals surface area contributed by atoms with E-state index < -0.39 is 40.5 Å². The number of benzene rings is 2. The minimum Gasteiger partial charge on any atom is -0.500 e. The van der Waals surface area contributed by atoms with Crippen LogP contribution in [-0.2, 0) is 11.3 Å². The van der Waals surface area contributed by atoms with Gasteiger partial charge in [-0.3, -0.25) is 10.1 Å². The fourth-order valence-electron chi connectivity index (χ4n) is 2.39. The van der Waals surface area contributed by atoms with Crippen LogP contribution in [0.25, 0.3) is 0 Å². The number of nitro groups is 1. The summed E-state index contributed by atoms with van der Waals surface area (Å²) >= 11 is 0. The van der Waals surface area contributed by atoms with Gasteiger partial charge in [0.05, 0.1) is 11.0 Å². The zero-order valence-corrected chi connectivity index (χ0v) is 14.6. The Balaban J connectivity index is 1.85. The topological polar surface area (TPSA) is 142 Å². The molecule has 0 fully saturated rings. The van der Waals surface area contributed by atoms with Gasteiger partial charge >= 0.3 is 11.8 Å². The number of alkyl carbamates (subject to hydrolysis) is 1. The van der Waals surface area contributed by atoms with Crippen LogP contribution in [0.5, 0.6) is 5.75 Å². The van der Waals surface area contributed by atoms with Gasteiger partial charge in [-0.2, -0.15) is 0 Å². The summed E-state index contributed by atoms with van der Waals surface area (Å²) in [5.41, 5.74) is -0.408. The molecule has 150 valence electrons. The van der Waals surface area contributed by atoms with E-state index in [4.69, 9.17) is 4.74 Å². The van der Waals surface area contributed by atoms with Crippen LogP contribution in [0.1, 0.15) is 23.7 Å². The fourth-order valence-corrected chi connectivity index (χ4v) is 2.39. The van der Waals surface area contributed by atoms with Crippen LogP contribution < -0.4 is 5.32 Å². The summed E-state index contributed by atoms with van der Waals surface area (Å²) in [4.78, 5) is 21.4. The van der Waals surface area contributed by atoms with E-state index in [0.29, 0.717) is 6.07 Å². The van der Waals surface area contributed by atoms with Crippen molar-refractivity contribution in [3.8, 4) is 5.75 Å². The Labute approximate surface area is 159 Å². The number of carbonyl (C=O) groups is 1. The first kappa shape index (κ1) is 21.1. The number of amides is 1. The van der Waals surface area contributed by atoms with Gasteiger partial charge in [0.1, 0.15) is 12.7 Å². The number of aliphatic hydroxyl groups excluding tert-OH is 2. The zero-order chi connectivity index (χ0) is 20.7. The van der Waals surface area contributed by atoms with Crippen molar-refractivity contribution in [3.05, 3.63) is 69.5 Å². The summed E-state index contributed by atoms with van der Waals surface area (Å²) in [7, 11) is 0. The molecule has 2 aromatic rings. The number of aromatic hydroxyl groups is 1. The first-order valence-electron chi connectivity index (χ1n) is 8.27. The minimum absolute atomic E-state index is 0.0610. The predicted octanol–water partition coefficient (Wildman–Crippen LogP) is 2.15. The van der Waals surface area contributed by atoms with E-state index in [1.165, 1.54) is 0 Å². The highest BCUT2D eigenvalue weighted by atomic mass is 19.1. The zero-order valence-electron chi connectivity index (χ0n) is 14.6. The number of aliphatic hydroxyl groups is 2. The van der Waals surface area contributed by atoms with Crippen LogP contribution in [-0.4, -0.2) is 39.0 Å². The number of phenolic OH excluding ortho intramolecular Hbond substituents is 1. The molecule has 2 aromatic carbocycles. The van der Waals surface area contributed by atoms with Crippen LogP contribution in [0.4, 0.5) is 14.9 Å². The van der Waals surface area contributed by atoms with E-state index in [1.807, 2.05) is 6.07 Å². The number of carbonyl (C=O) groups excluding carboxylic acids is 1. The van der Waals surface area contributed by atoms with Gasteiger partial charge < -0.3 is 25.4 Å². The molecule has 1 amide bonds. The smallest absolute Gasteiger partial charge is 0.407 e. The Bertz CT molecular complexity index is 832. The number of phenols is 1. The molecular weight excluding hydrogens is 375 g/mol. The molecule has 2 rings (SSSR count). The van der Waals surface area contributed by atoms with Gasteiger partial charge in [-0.05, 0) is 23.6 Å². The standard InChI is InChI=1S/C18H19FN2O7/c19-13-8-12(9-14(17(13)24)21(26)27)16(23)15(22)6-7-20-18(25)28-10-11-4-2-1-3-5-11/h1-5,8-9,15-16,22-24H,6-7,10H2,(H,20,25). The Morgan fingerprint density at radius 3 is 2.57 bits per heavy atom. The molecule has 4 N–H and O–H groups in total. The monoisotopic (exact) mass is 394 g/mol. The lowest BCUT2D eigenvalue weighted by molar-refractivity contribution is -0.386. The van der Waals surface area contributed by atoms with Gasteiger partial charge in [0.25, 0.3) is 0 Å². The third-order valence-electron chi connectivity index (χ3n) is 3.89. The molecule has 0 heterocycles. The van der Waals surface area contributed by atoms with Crippen molar-refractivity contribution in [3.63, 3.8) is 0 Å². The molecule has 0 aromatic heterocycles. The lowest BCUT2D eigenvalue weighted by Gasteiger charge is -2.18. The van der Waals surface area contributed by atoms with Gasteiger partial charge in [-0.15, -0.1) is 0 Å². The number of halogens is 1. The van der Waals surface area contributed by atoms with Crippen molar-refractivity contribution in [2.75, 3.05) is 6.54 Å². The molecule has 0 saturated carbocycles. The minimum atomic E-state index is -1.66. The lowest BCUT2D eigenvalue weighted by Crippen LogP contribution is -2.29. The van der Waals surface area contributed by atoms with Gasteiger partial charge in [0.2, 0.25) is 5.75 Å². The SMILES string of the molecule is O=C(NCCC(O)C(O)c1cc(F)c(O)c([N+](=O)[O-])c1)OCc1ccccc1. The number of nitrogens with one attached hydrogen (secondary N) is 1. The van der Waals surface area contributed by atoms with E-state index in [1.54, 1.807) is 24.3 Å². The predicted molar refractivity (Wildman–Crippen MR) is 94.9 cm³/mol. The van der Waals surface area contributed by atoms with Crippen LogP contribution >= 0.6 is 0 Å². The molecule has 0 aliphatic heterocycles. The second-order valence-electron chi connectivity index (χ2n) is 5.92. The normalized spacial score (nSPS) is 12.8. The van der Waals surface area contributed by atoms with Crippen LogP contribution in [0, 0.1) is 15.9 Å². The molecule has 2 unspecified atom stereocenters. The van der Waals surface area contributed by atoms with Crippen LogP contribution in [0.2, 0.25) is 0 Å². The van der Waals surface area contributed by atoms with Crippen LogP contribution in [0.3, 0.4) is 0 Å². The van der Waals surface area contributed by atoms with Gasteiger partial charge in [0, 0.05) is 12.6 Å². The molecule has 0 spiro atoms. The van der Waals surface area contributed by atoms with Gasteiger partial charge in [-0.25, -0.2) is 9.18 Å². The molecule has 0 saturated heterocycles. The largest absolute Gasteiger partial charge is 0.500 e. The molecule has 28 heavy (non-hydrogen) atoms. The average molecular weight is 394 g/mol. The summed E-state index contributed by atoms with van der Waals surface area (Å²) in [5.74, 6) is -2.45. The van der Waals surface area contributed by atoms with E-state index >= 15 is 0 Å². The molecule has 0 bridgehead atoms. The highest BCUT2D eigenvalue weighted by Gasteiger charge is 2.25. The Hall–Kier alpha value is -3.24. The molecular formula is C18H19FN2O7. The molecule has 0 aliphatic carbocycles. The van der Waals surface area contributed by atoms with Crippen LogP contribution in [0.15, 0.2) is 42.5 Å². The van der Waals surface area contributed by atoms with Crippen molar-refractivity contribution in [2.24, 2.45) is 0 Å². The van der Waals surface area contributed by atoms with E-state index in [9.17, 15) is 34.6 Å². The third-order valence-corrected chi connectivity index (χ3v) is 3.89. The highest BCUT2D eigenvalue weighted by Crippen LogP contribution is 2.33.